The van der Waals surface area contributed by atoms with Crippen LogP contribution in [-0.4, -0.2) is 16.8 Å². The van der Waals surface area contributed by atoms with Crippen molar-refractivity contribution in [2.45, 2.75) is 27.2 Å². The highest BCUT2D eigenvalue weighted by molar-refractivity contribution is 7.13. The van der Waals surface area contributed by atoms with E-state index in [2.05, 4.69) is 15.6 Å². The highest BCUT2D eigenvalue weighted by atomic mass is 32.1. The quantitative estimate of drug-likeness (QED) is 0.682. The Hall–Kier alpha value is -2.99. The predicted octanol–water partition coefficient (Wildman–Crippen LogP) is 4.57. The van der Waals surface area contributed by atoms with Crippen LogP contribution in [0.5, 0.6) is 0 Å². The molecule has 1 heterocycles. The molecule has 0 aliphatic rings. The van der Waals surface area contributed by atoms with Crippen LogP contribution in [-0.2, 0) is 16.0 Å². The number of thiazole rings is 1. The lowest BCUT2D eigenvalue weighted by atomic mass is 10.1. The summed E-state index contributed by atoms with van der Waals surface area (Å²) in [6, 6.07) is 13.5. The molecule has 0 spiro atoms. The molecular weight excluding hydrogens is 358 g/mol. The minimum Gasteiger partial charge on any atom is -0.326 e. The molecule has 138 valence electrons. The first-order valence-corrected chi connectivity index (χ1v) is 9.48. The molecule has 5 nitrogen and oxygen atoms in total. The van der Waals surface area contributed by atoms with Crippen LogP contribution >= 0.6 is 11.3 Å². The SMILES string of the molecule is CC(=O)Nc1ccc(-c2nc(CC(=O)Nc3cc(C)ccc3C)cs2)cc1. The van der Waals surface area contributed by atoms with Crippen LogP contribution < -0.4 is 10.6 Å². The van der Waals surface area contributed by atoms with E-state index in [0.717, 1.165) is 38.8 Å². The fourth-order valence-electron chi connectivity index (χ4n) is 2.65. The van der Waals surface area contributed by atoms with E-state index in [1.807, 2.05) is 61.7 Å². The van der Waals surface area contributed by atoms with Crippen molar-refractivity contribution in [2.75, 3.05) is 10.6 Å². The number of rotatable bonds is 5. The molecule has 2 N–H and O–H groups in total. The van der Waals surface area contributed by atoms with Gasteiger partial charge in [-0.15, -0.1) is 11.3 Å². The third-order valence-corrected chi connectivity index (χ3v) is 4.95. The van der Waals surface area contributed by atoms with Crippen molar-refractivity contribution >= 4 is 34.5 Å². The van der Waals surface area contributed by atoms with Gasteiger partial charge in [0.25, 0.3) is 0 Å². The van der Waals surface area contributed by atoms with E-state index in [9.17, 15) is 9.59 Å². The van der Waals surface area contributed by atoms with Crippen molar-refractivity contribution < 1.29 is 9.59 Å². The molecule has 2 amide bonds. The van der Waals surface area contributed by atoms with Gasteiger partial charge in [0.05, 0.1) is 12.1 Å². The van der Waals surface area contributed by atoms with Crippen molar-refractivity contribution in [1.82, 2.24) is 4.98 Å². The lowest BCUT2D eigenvalue weighted by molar-refractivity contribution is -0.116. The number of anilines is 2. The van der Waals surface area contributed by atoms with E-state index >= 15 is 0 Å². The number of aryl methyl sites for hydroxylation is 2. The highest BCUT2D eigenvalue weighted by Gasteiger charge is 2.11. The van der Waals surface area contributed by atoms with Crippen LogP contribution in [0.2, 0.25) is 0 Å². The minimum atomic E-state index is -0.103. The summed E-state index contributed by atoms with van der Waals surface area (Å²) < 4.78 is 0. The van der Waals surface area contributed by atoms with Crippen molar-refractivity contribution in [2.24, 2.45) is 0 Å². The molecule has 1 aromatic heterocycles. The topological polar surface area (TPSA) is 71.1 Å². The lowest BCUT2D eigenvalue weighted by Crippen LogP contribution is -2.15. The number of nitrogens with one attached hydrogen (secondary N) is 2. The van der Waals surface area contributed by atoms with Crippen LogP contribution in [0.4, 0.5) is 11.4 Å². The number of hydrogen-bond donors (Lipinski definition) is 2. The van der Waals surface area contributed by atoms with Gasteiger partial charge in [-0.25, -0.2) is 4.98 Å². The maximum atomic E-state index is 12.4. The number of benzene rings is 2. The number of amides is 2. The maximum Gasteiger partial charge on any atom is 0.230 e. The molecular formula is C21H21N3O2S. The van der Waals surface area contributed by atoms with Crippen LogP contribution in [0, 0.1) is 13.8 Å². The third kappa shape index (κ3) is 5.01. The Labute approximate surface area is 162 Å². The molecule has 3 aromatic rings. The van der Waals surface area contributed by atoms with Gasteiger partial charge in [-0.3, -0.25) is 9.59 Å². The van der Waals surface area contributed by atoms with E-state index < -0.39 is 0 Å². The van der Waals surface area contributed by atoms with Crippen LogP contribution in [0.15, 0.2) is 47.8 Å². The molecule has 0 bridgehead atoms. The zero-order chi connectivity index (χ0) is 19.4. The summed E-state index contributed by atoms with van der Waals surface area (Å²) in [7, 11) is 0. The summed E-state index contributed by atoms with van der Waals surface area (Å²) in [5, 5.41) is 8.45. The number of carbonyl (C=O) groups is 2. The largest absolute Gasteiger partial charge is 0.326 e. The van der Waals surface area contributed by atoms with Crippen molar-refractivity contribution in [3.05, 3.63) is 64.7 Å². The second-order valence-corrected chi connectivity index (χ2v) is 7.30. The summed E-state index contributed by atoms with van der Waals surface area (Å²) >= 11 is 1.50. The van der Waals surface area contributed by atoms with E-state index in [1.54, 1.807) is 0 Å². The number of aromatic nitrogens is 1. The van der Waals surface area contributed by atoms with Gasteiger partial charge in [-0.1, -0.05) is 12.1 Å². The highest BCUT2D eigenvalue weighted by Crippen LogP contribution is 2.25. The van der Waals surface area contributed by atoms with Crippen LogP contribution in [0.25, 0.3) is 10.6 Å². The first-order valence-electron chi connectivity index (χ1n) is 8.60. The van der Waals surface area contributed by atoms with Gasteiger partial charge in [0.1, 0.15) is 5.01 Å². The summed E-state index contributed by atoms with van der Waals surface area (Å²) in [5.41, 5.74) is 5.42. The fourth-order valence-corrected chi connectivity index (χ4v) is 3.48. The summed E-state index contributed by atoms with van der Waals surface area (Å²) in [5.74, 6) is -0.185. The number of hydrogen-bond acceptors (Lipinski definition) is 4. The number of carbonyl (C=O) groups excluding carboxylic acids is 2. The average molecular weight is 379 g/mol. The summed E-state index contributed by atoms with van der Waals surface area (Å²) in [4.78, 5) is 28.0. The van der Waals surface area contributed by atoms with E-state index in [1.165, 1.54) is 18.3 Å². The Morgan fingerprint density at radius 2 is 1.78 bits per heavy atom. The standard InChI is InChI=1S/C21H21N3O2S/c1-13-4-5-14(2)19(10-13)24-20(26)11-18-12-27-21(23-18)16-6-8-17(9-7-16)22-15(3)25/h4-10,12H,11H2,1-3H3,(H,22,25)(H,24,26). The summed E-state index contributed by atoms with van der Waals surface area (Å²) in [6.45, 7) is 5.45. The van der Waals surface area contributed by atoms with Crippen molar-refractivity contribution in [3.63, 3.8) is 0 Å². The molecule has 2 aromatic carbocycles. The normalized spacial score (nSPS) is 10.5. The van der Waals surface area contributed by atoms with Crippen molar-refractivity contribution in [3.8, 4) is 10.6 Å². The van der Waals surface area contributed by atoms with Gasteiger partial charge < -0.3 is 10.6 Å². The Kier molecular flexibility index (Phi) is 5.66. The molecule has 0 aliphatic carbocycles. The maximum absolute atomic E-state index is 12.4. The molecule has 0 atom stereocenters. The smallest absolute Gasteiger partial charge is 0.230 e. The van der Waals surface area contributed by atoms with Gasteiger partial charge in [0, 0.05) is 29.2 Å². The second-order valence-electron chi connectivity index (χ2n) is 6.45. The molecule has 0 saturated carbocycles. The molecule has 0 aliphatic heterocycles. The van der Waals surface area contributed by atoms with Crippen LogP contribution in [0.1, 0.15) is 23.7 Å². The van der Waals surface area contributed by atoms with Crippen molar-refractivity contribution in [1.29, 1.82) is 0 Å². The lowest BCUT2D eigenvalue weighted by Gasteiger charge is -2.08. The predicted molar refractivity (Wildman–Crippen MR) is 110 cm³/mol. The summed E-state index contributed by atoms with van der Waals surface area (Å²) in [6.07, 6.45) is 0.230. The first kappa shape index (κ1) is 18.8. The van der Waals surface area contributed by atoms with Crippen LogP contribution in [0.3, 0.4) is 0 Å². The van der Waals surface area contributed by atoms with Gasteiger partial charge in [0.2, 0.25) is 11.8 Å². The van der Waals surface area contributed by atoms with E-state index in [-0.39, 0.29) is 18.2 Å². The van der Waals surface area contributed by atoms with Gasteiger partial charge in [-0.05, 0) is 55.3 Å². The minimum absolute atomic E-state index is 0.0819. The average Bonchev–Trinajstić information content (AvgIpc) is 3.06. The monoisotopic (exact) mass is 379 g/mol. The second kappa shape index (κ2) is 8.14. The van der Waals surface area contributed by atoms with Gasteiger partial charge in [0.15, 0.2) is 0 Å². The Morgan fingerprint density at radius 3 is 2.48 bits per heavy atom. The van der Waals surface area contributed by atoms with Gasteiger partial charge >= 0.3 is 0 Å². The molecule has 27 heavy (non-hydrogen) atoms. The fraction of sp³-hybridized carbons (Fsp3) is 0.190. The molecule has 0 radical (unpaired) electrons. The van der Waals surface area contributed by atoms with E-state index in [4.69, 9.17) is 0 Å². The molecule has 6 heteroatoms. The zero-order valence-electron chi connectivity index (χ0n) is 15.5. The van der Waals surface area contributed by atoms with E-state index in [0.29, 0.717) is 0 Å². The third-order valence-electron chi connectivity index (χ3n) is 4.01. The molecule has 0 fully saturated rings. The number of nitrogens with zero attached hydrogens (tertiary/aromatic N) is 1. The first-order chi connectivity index (χ1) is 12.9. The Bertz CT molecular complexity index is 977. The Balaban J connectivity index is 1.66. The Morgan fingerprint density at radius 1 is 1.04 bits per heavy atom. The molecule has 0 unspecified atom stereocenters. The molecule has 3 rings (SSSR count). The zero-order valence-corrected chi connectivity index (χ0v) is 16.3. The van der Waals surface area contributed by atoms with Gasteiger partial charge in [-0.2, -0.15) is 0 Å². The molecule has 0 saturated heterocycles.